The monoisotopic (exact) mass is 253 g/mol. The Balaban J connectivity index is 2.07. The topological polar surface area (TPSA) is 23.5 Å². The van der Waals surface area contributed by atoms with Crippen molar-refractivity contribution < 1.29 is 5.11 Å². The van der Waals surface area contributed by atoms with Gasteiger partial charge in [-0.1, -0.05) is 13.8 Å². The van der Waals surface area contributed by atoms with E-state index in [0.29, 0.717) is 12.1 Å². The first-order valence-corrected chi connectivity index (χ1v) is 7.92. The molecule has 2 rings (SSSR count). The third-order valence-electron chi connectivity index (χ3n) is 4.95. The second-order valence-corrected chi connectivity index (χ2v) is 7.18. The van der Waals surface area contributed by atoms with Gasteiger partial charge in [-0.2, -0.15) is 0 Å². The molecule has 106 valence electrons. The van der Waals surface area contributed by atoms with Crippen molar-refractivity contribution in [3.8, 4) is 0 Å². The summed E-state index contributed by atoms with van der Waals surface area (Å²) in [6.07, 6.45) is 5.99. The Labute approximate surface area is 113 Å². The van der Waals surface area contributed by atoms with Crippen molar-refractivity contribution in [1.29, 1.82) is 0 Å². The van der Waals surface area contributed by atoms with Crippen molar-refractivity contribution in [3.63, 3.8) is 0 Å². The van der Waals surface area contributed by atoms with Gasteiger partial charge in [0.2, 0.25) is 0 Å². The third-order valence-corrected chi connectivity index (χ3v) is 4.95. The summed E-state index contributed by atoms with van der Waals surface area (Å²) >= 11 is 0. The van der Waals surface area contributed by atoms with Gasteiger partial charge >= 0.3 is 0 Å². The second kappa shape index (κ2) is 5.92. The van der Waals surface area contributed by atoms with Gasteiger partial charge in [-0.3, -0.25) is 4.90 Å². The molecule has 0 amide bonds. The highest BCUT2D eigenvalue weighted by Gasteiger charge is 2.38. The van der Waals surface area contributed by atoms with Gasteiger partial charge in [0.05, 0.1) is 6.10 Å². The molecule has 0 radical (unpaired) electrons. The Morgan fingerprint density at radius 1 is 1.06 bits per heavy atom. The normalized spacial score (nSPS) is 33.7. The van der Waals surface area contributed by atoms with Crippen LogP contribution in [-0.2, 0) is 0 Å². The zero-order valence-corrected chi connectivity index (χ0v) is 12.6. The van der Waals surface area contributed by atoms with E-state index in [1.165, 1.54) is 25.8 Å². The number of hydrogen-bond donors (Lipinski definition) is 1. The molecule has 2 nitrogen and oxygen atoms in total. The fourth-order valence-electron chi connectivity index (χ4n) is 3.64. The van der Waals surface area contributed by atoms with Gasteiger partial charge < -0.3 is 5.11 Å². The second-order valence-electron chi connectivity index (χ2n) is 7.18. The fourth-order valence-corrected chi connectivity index (χ4v) is 3.64. The van der Waals surface area contributed by atoms with Crippen molar-refractivity contribution in [2.75, 3.05) is 6.54 Å². The largest absolute Gasteiger partial charge is 0.393 e. The molecule has 3 atom stereocenters. The van der Waals surface area contributed by atoms with Crippen LogP contribution in [0.2, 0.25) is 0 Å². The summed E-state index contributed by atoms with van der Waals surface area (Å²) < 4.78 is 0. The highest BCUT2D eigenvalue weighted by Crippen LogP contribution is 2.38. The fraction of sp³-hybridized carbons (Fsp3) is 1.00. The number of aliphatic hydroxyl groups excluding tert-OH is 1. The summed E-state index contributed by atoms with van der Waals surface area (Å²) in [5, 5.41) is 10.0. The van der Waals surface area contributed by atoms with Crippen LogP contribution in [0.25, 0.3) is 0 Å². The van der Waals surface area contributed by atoms with E-state index in [2.05, 4.69) is 32.6 Å². The zero-order chi connectivity index (χ0) is 13.3. The molecular formula is C16H31NO. The molecule has 0 aromatic heterocycles. The van der Waals surface area contributed by atoms with Gasteiger partial charge in [0.15, 0.2) is 0 Å². The lowest BCUT2D eigenvalue weighted by Gasteiger charge is -2.45. The minimum Gasteiger partial charge on any atom is -0.393 e. The van der Waals surface area contributed by atoms with E-state index in [4.69, 9.17) is 0 Å². The van der Waals surface area contributed by atoms with E-state index < -0.39 is 0 Å². The van der Waals surface area contributed by atoms with E-state index in [0.717, 1.165) is 30.6 Å². The van der Waals surface area contributed by atoms with Gasteiger partial charge in [-0.25, -0.2) is 0 Å². The lowest BCUT2D eigenvalue weighted by Crippen LogP contribution is -2.50. The van der Waals surface area contributed by atoms with Crippen molar-refractivity contribution in [2.24, 2.45) is 17.8 Å². The molecule has 2 fully saturated rings. The lowest BCUT2D eigenvalue weighted by atomic mass is 9.75. The minimum atomic E-state index is -0.0644. The molecule has 2 aliphatic rings. The van der Waals surface area contributed by atoms with Gasteiger partial charge in [0, 0.05) is 18.6 Å². The predicted molar refractivity (Wildman–Crippen MR) is 76.5 cm³/mol. The molecule has 0 saturated heterocycles. The van der Waals surface area contributed by atoms with E-state index in [-0.39, 0.29) is 6.10 Å². The summed E-state index contributed by atoms with van der Waals surface area (Å²) in [6, 6.07) is 1.22. The van der Waals surface area contributed by atoms with Crippen LogP contribution in [0.3, 0.4) is 0 Å². The third kappa shape index (κ3) is 3.48. The van der Waals surface area contributed by atoms with Gasteiger partial charge in [0.1, 0.15) is 0 Å². The van der Waals surface area contributed by atoms with Gasteiger partial charge in [-0.15, -0.1) is 0 Å². The Bertz CT molecular complexity index is 260. The number of rotatable bonds is 5. The Morgan fingerprint density at radius 3 is 2.22 bits per heavy atom. The van der Waals surface area contributed by atoms with Crippen LogP contribution in [-0.4, -0.2) is 34.7 Å². The van der Waals surface area contributed by atoms with Crippen molar-refractivity contribution in [2.45, 2.75) is 78.0 Å². The van der Waals surface area contributed by atoms with Crippen molar-refractivity contribution >= 4 is 0 Å². The van der Waals surface area contributed by atoms with Gasteiger partial charge in [-0.05, 0) is 63.7 Å². The lowest BCUT2D eigenvalue weighted by molar-refractivity contribution is -0.00350. The molecule has 0 heterocycles. The number of hydrogen-bond acceptors (Lipinski definition) is 2. The predicted octanol–water partition coefficient (Wildman–Crippen LogP) is 3.29. The van der Waals surface area contributed by atoms with Crippen LogP contribution < -0.4 is 0 Å². The molecule has 2 aliphatic carbocycles. The van der Waals surface area contributed by atoms with E-state index in [9.17, 15) is 5.11 Å². The number of aliphatic hydroxyl groups is 1. The molecule has 0 aromatic rings. The molecule has 2 saturated carbocycles. The maximum Gasteiger partial charge on any atom is 0.0555 e. The maximum absolute atomic E-state index is 10.0. The highest BCUT2D eigenvalue weighted by atomic mass is 16.3. The maximum atomic E-state index is 10.0. The molecule has 3 unspecified atom stereocenters. The first kappa shape index (κ1) is 14.3. The average molecular weight is 253 g/mol. The van der Waals surface area contributed by atoms with Crippen LogP contribution >= 0.6 is 0 Å². The first-order chi connectivity index (χ1) is 8.49. The van der Waals surface area contributed by atoms with Crippen LogP contribution in [0.4, 0.5) is 0 Å². The van der Waals surface area contributed by atoms with Crippen LogP contribution in [0.5, 0.6) is 0 Å². The van der Waals surface area contributed by atoms with Crippen LogP contribution in [0, 0.1) is 17.8 Å². The molecule has 0 spiro atoms. The summed E-state index contributed by atoms with van der Waals surface area (Å²) in [6.45, 7) is 10.6. The molecule has 1 N–H and O–H groups in total. The first-order valence-electron chi connectivity index (χ1n) is 7.92. The van der Waals surface area contributed by atoms with E-state index in [1.54, 1.807) is 0 Å². The van der Waals surface area contributed by atoms with E-state index >= 15 is 0 Å². The minimum absolute atomic E-state index is 0.0644. The van der Waals surface area contributed by atoms with Crippen LogP contribution in [0.15, 0.2) is 0 Å². The Morgan fingerprint density at radius 2 is 1.72 bits per heavy atom. The van der Waals surface area contributed by atoms with Crippen molar-refractivity contribution in [1.82, 2.24) is 4.90 Å². The standard InChI is InChI=1S/C16H31NO/c1-11(2)15-8-7-14(18)9-16(15)17(12(3)4)10-13-5-6-13/h11-16,18H,5-10H2,1-4H3. The number of nitrogens with zero attached hydrogens (tertiary/aromatic N) is 1. The van der Waals surface area contributed by atoms with Crippen molar-refractivity contribution in [3.05, 3.63) is 0 Å². The van der Waals surface area contributed by atoms with Crippen LogP contribution in [0.1, 0.15) is 59.8 Å². The quantitative estimate of drug-likeness (QED) is 0.812. The van der Waals surface area contributed by atoms with Gasteiger partial charge in [0.25, 0.3) is 0 Å². The Kier molecular flexibility index (Phi) is 4.71. The molecule has 2 heteroatoms. The smallest absolute Gasteiger partial charge is 0.0555 e. The molecular weight excluding hydrogens is 222 g/mol. The SMILES string of the molecule is CC(C)C1CCC(O)CC1N(CC1CC1)C(C)C. The highest BCUT2D eigenvalue weighted by molar-refractivity contribution is 4.91. The molecule has 0 aromatic carbocycles. The Hall–Kier alpha value is -0.0800. The average Bonchev–Trinajstić information content (AvgIpc) is 3.08. The summed E-state index contributed by atoms with van der Waals surface area (Å²) in [5.74, 6) is 2.46. The summed E-state index contributed by atoms with van der Waals surface area (Å²) in [7, 11) is 0. The van der Waals surface area contributed by atoms with E-state index in [1.807, 2.05) is 0 Å². The zero-order valence-electron chi connectivity index (χ0n) is 12.6. The molecule has 0 aliphatic heterocycles. The molecule has 18 heavy (non-hydrogen) atoms. The summed E-state index contributed by atoms with van der Waals surface area (Å²) in [5.41, 5.74) is 0. The molecule has 0 bridgehead atoms. The summed E-state index contributed by atoms with van der Waals surface area (Å²) in [4.78, 5) is 2.70.